The molecule has 1 amide bonds. The first-order valence-electron chi connectivity index (χ1n) is 17.2. The number of halogens is 1. The average molecular weight is 708 g/mol. The van der Waals surface area contributed by atoms with Gasteiger partial charge in [0.05, 0.1) is 34.2 Å². The molecule has 3 heterocycles. The van der Waals surface area contributed by atoms with Crippen LogP contribution < -0.4 is 36.7 Å². The zero-order valence-electron chi connectivity index (χ0n) is 28.9. The quantitative estimate of drug-likeness (QED) is 0.0819. The largest absolute Gasteiger partial charge is 0.453 e. The summed E-state index contributed by atoms with van der Waals surface area (Å²) in [6.07, 6.45) is 6.91. The van der Waals surface area contributed by atoms with Crippen molar-refractivity contribution in [1.29, 1.82) is 0 Å². The predicted molar refractivity (Wildman–Crippen MR) is 203 cm³/mol. The molecule has 1 saturated heterocycles. The summed E-state index contributed by atoms with van der Waals surface area (Å²) in [7, 11) is 0. The van der Waals surface area contributed by atoms with Crippen LogP contribution in [0.3, 0.4) is 0 Å². The number of amides is 1. The van der Waals surface area contributed by atoms with Gasteiger partial charge >= 0.3 is 0 Å². The second-order valence-corrected chi connectivity index (χ2v) is 14.6. The van der Waals surface area contributed by atoms with E-state index in [1.807, 2.05) is 42.6 Å². The highest BCUT2D eigenvalue weighted by Gasteiger charge is 2.30. The van der Waals surface area contributed by atoms with Gasteiger partial charge in [-0.05, 0) is 84.3 Å². The van der Waals surface area contributed by atoms with Crippen molar-refractivity contribution in [3.8, 4) is 11.5 Å². The van der Waals surface area contributed by atoms with Gasteiger partial charge in [-0.15, -0.1) is 0 Å². The fourth-order valence-corrected chi connectivity index (χ4v) is 7.07. The lowest BCUT2D eigenvalue weighted by atomic mass is 9.72. The highest BCUT2D eigenvalue weighted by molar-refractivity contribution is 6.30. The number of nitrogen functional groups attached to an aromatic ring is 2. The molecule has 2 aromatic heterocycles. The summed E-state index contributed by atoms with van der Waals surface area (Å²) in [5, 5.41) is 13.0. The van der Waals surface area contributed by atoms with Crippen molar-refractivity contribution in [1.82, 2.24) is 15.3 Å². The minimum atomic E-state index is -0.564. The maximum atomic E-state index is 13.6. The lowest BCUT2D eigenvalue weighted by molar-refractivity contribution is -0.348. The van der Waals surface area contributed by atoms with Gasteiger partial charge in [0.25, 0.3) is 11.6 Å². The lowest BCUT2D eigenvalue weighted by Crippen LogP contribution is -2.47. The number of hydrazine groups is 1. The molecule has 0 radical (unpaired) electrons. The van der Waals surface area contributed by atoms with E-state index in [1.54, 1.807) is 24.4 Å². The molecular formula is C39H44ClN8O3+. The lowest BCUT2D eigenvalue weighted by Gasteiger charge is -2.39. The van der Waals surface area contributed by atoms with Gasteiger partial charge in [-0.25, -0.2) is 15.4 Å². The van der Waals surface area contributed by atoms with E-state index in [0.717, 1.165) is 67.3 Å². The van der Waals surface area contributed by atoms with Crippen LogP contribution in [0.25, 0.3) is 16.6 Å². The Morgan fingerprint density at radius 2 is 1.80 bits per heavy atom. The van der Waals surface area contributed by atoms with Crippen molar-refractivity contribution in [2.24, 2.45) is 5.41 Å². The predicted octanol–water partition coefficient (Wildman–Crippen LogP) is 6.92. The summed E-state index contributed by atoms with van der Waals surface area (Å²) >= 11 is 6.23. The summed E-state index contributed by atoms with van der Waals surface area (Å²) in [5.74, 6) is 0.320. The van der Waals surface area contributed by atoms with Crippen LogP contribution in [0.1, 0.15) is 49.0 Å². The number of rotatable bonds is 9. The van der Waals surface area contributed by atoms with E-state index in [9.17, 15) is 10.0 Å². The monoisotopic (exact) mass is 707 g/mol. The molecule has 8 N–H and O–H groups in total. The molecule has 12 heteroatoms. The molecule has 1 aliphatic heterocycles. The van der Waals surface area contributed by atoms with E-state index in [4.69, 9.17) is 27.8 Å². The van der Waals surface area contributed by atoms with Crippen LogP contribution in [0.5, 0.6) is 11.5 Å². The number of nitrogens with zero attached hydrogens (tertiary/aromatic N) is 3. The Hall–Kier alpha value is -5.23. The number of benzene rings is 3. The van der Waals surface area contributed by atoms with Crippen molar-refractivity contribution < 1.29 is 19.7 Å². The number of hydrogen-bond donors (Lipinski definition) is 5. The first kappa shape index (κ1) is 34.2. The number of aromatic amines is 2. The van der Waals surface area contributed by atoms with Crippen LogP contribution >= 0.6 is 11.6 Å². The third-order valence-corrected chi connectivity index (χ3v) is 10.2. The van der Waals surface area contributed by atoms with Crippen LogP contribution in [-0.2, 0) is 0 Å². The minimum Gasteiger partial charge on any atom is -0.453 e. The van der Waals surface area contributed by atoms with Gasteiger partial charge in [0.15, 0.2) is 5.75 Å². The number of nitrogens with two attached hydrogens (primary N) is 2. The molecule has 2 aliphatic rings. The number of anilines is 4. The van der Waals surface area contributed by atoms with Gasteiger partial charge in [-0.1, -0.05) is 43.2 Å². The molecule has 0 spiro atoms. The van der Waals surface area contributed by atoms with Gasteiger partial charge in [-0.3, -0.25) is 14.9 Å². The normalized spacial score (nSPS) is 16.4. The standard InChI is InChI=1S/C39H43ClN8O3/c1-39(2)13-11-27(33(22-39)25-3-5-28(40)6-4-25)24-46-15-17-47(18-16-46)29-7-9-32(38(49)45-48(50)30-8-10-34(41)35(42)20-30)36(21-29)51-31-19-26-12-14-43-37(26)44-23-31/h3-10,12,14,19-21,23,50H,11,13,15-18,22,24,41-42H2,1-2H3,(H,43,44)(H,45,49)/p+1. The van der Waals surface area contributed by atoms with Crippen molar-refractivity contribution >= 4 is 56.9 Å². The fourth-order valence-electron chi connectivity index (χ4n) is 6.94. The van der Waals surface area contributed by atoms with Crippen LogP contribution in [0.4, 0.5) is 22.7 Å². The van der Waals surface area contributed by atoms with Crippen LogP contribution in [-0.4, -0.2) is 53.7 Å². The van der Waals surface area contributed by atoms with E-state index in [0.29, 0.717) is 22.4 Å². The highest BCUT2D eigenvalue weighted by atomic mass is 35.5. The third kappa shape index (κ3) is 7.75. The summed E-state index contributed by atoms with van der Waals surface area (Å²) in [6, 6.07) is 22.2. The second kappa shape index (κ2) is 14.2. The van der Waals surface area contributed by atoms with Crippen molar-refractivity contribution in [3.63, 3.8) is 0 Å². The number of fused-ring (bicyclic) bond motifs is 1. The van der Waals surface area contributed by atoms with Gasteiger partial charge in [0.1, 0.15) is 11.9 Å². The number of nitrogens with one attached hydrogen (secondary N) is 3. The number of carbonyl (C=O) groups is 1. The first-order valence-corrected chi connectivity index (χ1v) is 17.6. The molecule has 0 atom stereocenters. The zero-order valence-corrected chi connectivity index (χ0v) is 29.6. The van der Waals surface area contributed by atoms with Gasteiger partial charge < -0.3 is 21.1 Å². The summed E-state index contributed by atoms with van der Waals surface area (Å²) in [6.45, 7) is 9.13. The number of carbonyl (C=O) groups excluding carboxylic acids is 1. The maximum Gasteiger partial charge on any atom is 0.284 e. The smallest absolute Gasteiger partial charge is 0.284 e. The number of pyridine rings is 1. The first-order chi connectivity index (χ1) is 24.5. The van der Waals surface area contributed by atoms with Gasteiger partial charge in [-0.2, -0.15) is 5.17 Å². The fraction of sp³-hybridized carbons (Fsp3) is 0.282. The highest BCUT2D eigenvalue weighted by Crippen LogP contribution is 2.43. The van der Waals surface area contributed by atoms with E-state index < -0.39 is 5.91 Å². The van der Waals surface area contributed by atoms with Crippen molar-refractivity contribution in [3.05, 3.63) is 107 Å². The van der Waals surface area contributed by atoms with Crippen molar-refractivity contribution in [2.45, 2.75) is 33.1 Å². The van der Waals surface area contributed by atoms with E-state index in [1.165, 1.54) is 29.2 Å². The number of piperazine rings is 1. The maximum absolute atomic E-state index is 13.6. The molecule has 1 aliphatic carbocycles. The molecule has 7 rings (SSSR count). The summed E-state index contributed by atoms with van der Waals surface area (Å²) in [4.78, 5) is 24.8. The Bertz CT molecular complexity index is 2090. The van der Waals surface area contributed by atoms with E-state index in [-0.39, 0.29) is 22.4 Å². The number of H-pyrrole nitrogens is 2. The van der Waals surface area contributed by atoms with Crippen LogP contribution in [0, 0.1) is 5.41 Å². The number of aromatic nitrogens is 2. The summed E-state index contributed by atoms with van der Waals surface area (Å²) < 4.78 is 6.37. The second-order valence-electron chi connectivity index (χ2n) is 14.2. The van der Waals surface area contributed by atoms with Gasteiger partial charge in [0.2, 0.25) is 0 Å². The van der Waals surface area contributed by atoms with Crippen molar-refractivity contribution in [2.75, 3.05) is 54.3 Å². The third-order valence-electron chi connectivity index (χ3n) is 9.93. The molecule has 0 unspecified atom stereocenters. The average Bonchev–Trinajstić information content (AvgIpc) is 3.59. The number of hydrogen-bond acceptors (Lipinski definition) is 8. The molecule has 51 heavy (non-hydrogen) atoms. The Morgan fingerprint density at radius 3 is 2.57 bits per heavy atom. The zero-order chi connectivity index (χ0) is 35.7. The number of allylic oxidation sites excluding steroid dienone is 1. The van der Waals surface area contributed by atoms with E-state index in [2.05, 4.69) is 51.2 Å². The molecule has 3 aromatic carbocycles. The SMILES string of the molecule is CC1(C)CCC(CN2CCN(c3ccc(C(=O)NN(O)c4ccc(N)c(N)c4)c(Oc4c[nH+]c5[nH]ccc5c4)c3)CC2)=C(c2ccc(Cl)cc2)C1. The minimum absolute atomic E-state index is 0.246. The Balaban J connectivity index is 1.09. The number of ether oxygens (including phenoxy) is 1. The molecule has 5 aromatic rings. The topological polar surface area (TPSA) is 150 Å². The van der Waals surface area contributed by atoms with Gasteiger partial charge in [0, 0.05) is 55.6 Å². The molecular weight excluding hydrogens is 664 g/mol. The molecule has 11 nitrogen and oxygen atoms in total. The van der Waals surface area contributed by atoms with Crippen LogP contribution in [0.2, 0.25) is 5.02 Å². The Morgan fingerprint density at radius 1 is 1.02 bits per heavy atom. The molecule has 0 saturated carbocycles. The van der Waals surface area contributed by atoms with Crippen LogP contribution in [0.15, 0.2) is 90.8 Å². The summed E-state index contributed by atoms with van der Waals surface area (Å²) in [5.41, 5.74) is 21.7. The van der Waals surface area contributed by atoms with E-state index >= 15 is 0 Å². The molecule has 0 bridgehead atoms. The molecule has 264 valence electrons. The Kier molecular flexibility index (Phi) is 9.52. The Labute approximate surface area is 302 Å². The molecule has 1 fully saturated rings.